The topological polar surface area (TPSA) is 57.1 Å². The first kappa shape index (κ1) is 23.2. The number of nitrogens with zero attached hydrogens (tertiary/aromatic N) is 2. The third-order valence-corrected chi connectivity index (χ3v) is 3.90. The first-order valence-corrected chi connectivity index (χ1v) is 8.59. The zero-order valence-corrected chi connectivity index (χ0v) is 18.2. The maximum absolute atomic E-state index is 13.4. The fraction of sp³-hybridized carbons (Fsp3) is 0.350. The van der Waals surface area contributed by atoms with Crippen molar-refractivity contribution in [1.82, 2.24) is 10.2 Å². The number of aliphatic hydroxyl groups excluding tert-OH is 1. The highest BCUT2D eigenvalue weighted by Crippen LogP contribution is 2.19. The van der Waals surface area contributed by atoms with Crippen molar-refractivity contribution < 1.29 is 14.2 Å². The van der Waals surface area contributed by atoms with Crippen molar-refractivity contribution in [3.63, 3.8) is 0 Å². The third-order valence-electron chi connectivity index (χ3n) is 3.90. The van der Waals surface area contributed by atoms with E-state index in [1.807, 2.05) is 43.1 Å². The van der Waals surface area contributed by atoms with E-state index in [1.54, 1.807) is 19.2 Å². The molecule has 0 saturated carbocycles. The highest BCUT2D eigenvalue weighted by Gasteiger charge is 2.11. The van der Waals surface area contributed by atoms with E-state index in [4.69, 9.17) is 4.74 Å². The summed E-state index contributed by atoms with van der Waals surface area (Å²) in [6, 6.07) is 13.8. The van der Waals surface area contributed by atoms with Gasteiger partial charge >= 0.3 is 0 Å². The molecule has 7 heteroatoms. The lowest BCUT2D eigenvalue weighted by atomic mass is 10.1. The van der Waals surface area contributed by atoms with Crippen molar-refractivity contribution in [2.45, 2.75) is 19.6 Å². The van der Waals surface area contributed by atoms with Gasteiger partial charge in [-0.05, 0) is 42.3 Å². The maximum Gasteiger partial charge on any atom is 0.194 e. The fourth-order valence-corrected chi connectivity index (χ4v) is 2.58. The van der Waals surface area contributed by atoms with Crippen LogP contribution in [0.4, 0.5) is 4.39 Å². The Morgan fingerprint density at radius 1 is 1.26 bits per heavy atom. The standard InChI is InChI=1S/C20H26FN3O2.HI/c1-4-22-20(24(2)14-15-7-5-9-17(21)11-15)23-13-19(25)16-8-6-10-18(12-16)26-3;/h5-12,19,25H,4,13-14H2,1-3H3,(H,22,23);1H. The first-order chi connectivity index (χ1) is 12.5. The van der Waals surface area contributed by atoms with Crippen LogP contribution >= 0.6 is 24.0 Å². The number of nitrogens with one attached hydrogen (secondary N) is 1. The number of aliphatic hydroxyl groups is 1. The number of aliphatic imine (C=N–C) groups is 1. The molecule has 2 rings (SSSR count). The number of ether oxygens (including phenoxy) is 1. The summed E-state index contributed by atoms with van der Waals surface area (Å²) in [5.41, 5.74) is 1.60. The zero-order chi connectivity index (χ0) is 18.9. The van der Waals surface area contributed by atoms with Gasteiger partial charge in [0.05, 0.1) is 19.8 Å². The molecule has 0 aliphatic heterocycles. The van der Waals surface area contributed by atoms with Gasteiger partial charge in [-0.2, -0.15) is 0 Å². The van der Waals surface area contributed by atoms with Gasteiger partial charge < -0.3 is 20.1 Å². The van der Waals surface area contributed by atoms with E-state index in [1.165, 1.54) is 12.1 Å². The largest absolute Gasteiger partial charge is 0.497 e. The molecule has 0 aliphatic carbocycles. The summed E-state index contributed by atoms with van der Waals surface area (Å²) >= 11 is 0. The number of hydrogen-bond donors (Lipinski definition) is 2. The number of hydrogen-bond acceptors (Lipinski definition) is 3. The minimum atomic E-state index is -0.735. The molecule has 0 aliphatic rings. The molecular weight excluding hydrogens is 460 g/mol. The van der Waals surface area contributed by atoms with Gasteiger partial charge in [-0.25, -0.2) is 4.39 Å². The zero-order valence-electron chi connectivity index (χ0n) is 15.9. The molecule has 0 radical (unpaired) electrons. The molecule has 2 aromatic rings. The predicted molar refractivity (Wildman–Crippen MR) is 117 cm³/mol. The quantitative estimate of drug-likeness (QED) is 0.356. The second kappa shape index (κ2) is 11.8. The lowest BCUT2D eigenvalue weighted by molar-refractivity contribution is 0.186. The fourth-order valence-electron chi connectivity index (χ4n) is 2.58. The van der Waals surface area contributed by atoms with Gasteiger partial charge in [0.1, 0.15) is 11.6 Å². The molecular formula is C20H27FIN3O2. The van der Waals surface area contributed by atoms with E-state index in [9.17, 15) is 9.50 Å². The molecule has 0 bridgehead atoms. The monoisotopic (exact) mass is 487 g/mol. The van der Waals surface area contributed by atoms with Crippen molar-refractivity contribution in [3.05, 3.63) is 65.5 Å². The van der Waals surface area contributed by atoms with Crippen LogP contribution in [0, 0.1) is 5.82 Å². The van der Waals surface area contributed by atoms with E-state index in [0.29, 0.717) is 24.8 Å². The van der Waals surface area contributed by atoms with E-state index in [2.05, 4.69) is 10.3 Å². The molecule has 148 valence electrons. The summed E-state index contributed by atoms with van der Waals surface area (Å²) in [6.07, 6.45) is -0.735. The molecule has 2 aromatic carbocycles. The Morgan fingerprint density at radius 3 is 2.67 bits per heavy atom. The molecule has 1 atom stereocenters. The Morgan fingerprint density at radius 2 is 2.00 bits per heavy atom. The Bertz CT molecular complexity index is 743. The van der Waals surface area contributed by atoms with E-state index < -0.39 is 6.10 Å². The Kier molecular flexibility index (Phi) is 10.1. The van der Waals surface area contributed by atoms with Crippen LogP contribution in [0.1, 0.15) is 24.2 Å². The SMILES string of the molecule is CCNC(=NCC(O)c1cccc(OC)c1)N(C)Cc1cccc(F)c1.I. The maximum atomic E-state index is 13.4. The predicted octanol–water partition coefficient (Wildman–Crippen LogP) is 3.58. The Hall–Kier alpha value is -1.87. The normalized spacial score (nSPS) is 12.1. The molecule has 5 nitrogen and oxygen atoms in total. The van der Waals surface area contributed by atoms with Crippen molar-refractivity contribution in [2.24, 2.45) is 4.99 Å². The lowest BCUT2D eigenvalue weighted by Crippen LogP contribution is -2.38. The summed E-state index contributed by atoms with van der Waals surface area (Å²) in [5.74, 6) is 1.09. The average molecular weight is 487 g/mol. The number of benzene rings is 2. The Balaban J connectivity index is 0.00000364. The van der Waals surface area contributed by atoms with Crippen LogP contribution < -0.4 is 10.1 Å². The third kappa shape index (κ3) is 7.34. The molecule has 0 saturated heterocycles. The molecule has 0 aromatic heterocycles. The number of halogens is 2. The number of guanidine groups is 1. The molecule has 2 N–H and O–H groups in total. The molecule has 0 fully saturated rings. The van der Waals surface area contributed by atoms with Crippen molar-refractivity contribution in [2.75, 3.05) is 27.2 Å². The van der Waals surface area contributed by atoms with E-state index in [-0.39, 0.29) is 36.3 Å². The van der Waals surface area contributed by atoms with Gasteiger partial charge in [-0.1, -0.05) is 24.3 Å². The first-order valence-electron chi connectivity index (χ1n) is 8.59. The summed E-state index contributed by atoms with van der Waals surface area (Å²) in [6.45, 7) is 3.40. The van der Waals surface area contributed by atoms with Gasteiger partial charge in [0.2, 0.25) is 0 Å². The van der Waals surface area contributed by atoms with Crippen molar-refractivity contribution in [1.29, 1.82) is 0 Å². The number of methoxy groups -OCH3 is 1. The summed E-state index contributed by atoms with van der Waals surface area (Å²) in [4.78, 5) is 6.41. The minimum absolute atomic E-state index is 0. The minimum Gasteiger partial charge on any atom is -0.497 e. The smallest absolute Gasteiger partial charge is 0.194 e. The lowest BCUT2D eigenvalue weighted by Gasteiger charge is -2.22. The van der Waals surface area contributed by atoms with Crippen LogP contribution in [0.3, 0.4) is 0 Å². The van der Waals surface area contributed by atoms with Crippen LogP contribution in [0.25, 0.3) is 0 Å². The van der Waals surface area contributed by atoms with Crippen LogP contribution in [0.15, 0.2) is 53.5 Å². The van der Waals surface area contributed by atoms with Gasteiger partial charge in [-0.3, -0.25) is 4.99 Å². The van der Waals surface area contributed by atoms with Crippen molar-refractivity contribution >= 4 is 29.9 Å². The average Bonchev–Trinajstić information content (AvgIpc) is 2.64. The summed E-state index contributed by atoms with van der Waals surface area (Å²) < 4.78 is 18.5. The summed E-state index contributed by atoms with van der Waals surface area (Å²) in [5, 5.41) is 13.6. The highest BCUT2D eigenvalue weighted by molar-refractivity contribution is 14.0. The van der Waals surface area contributed by atoms with Gasteiger partial charge in [-0.15, -0.1) is 24.0 Å². The van der Waals surface area contributed by atoms with Crippen molar-refractivity contribution in [3.8, 4) is 5.75 Å². The molecule has 1 unspecified atom stereocenters. The van der Waals surface area contributed by atoms with Gasteiger partial charge in [0, 0.05) is 20.1 Å². The van der Waals surface area contributed by atoms with E-state index in [0.717, 1.165) is 11.1 Å². The summed E-state index contributed by atoms with van der Waals surface area (Å²) in [7, 11) is 3.47. The van der Waals surface area contributed by atoms with Crippen LogP contribution in [0.2, 0.25) is 0 Å². The molecule has 0 amide bonds. The molecule has 0 heterocycles. The van der Waals surface area contributed by atoms with Gasteiger partial charge in [0.15, 0.2) is 5.96 Å². The van der Waals surface area contributed by atoms with Crippen LogP contribution in [-0.4, -0.2) is 43.2 Å². The number of rotatable bonds is 7. The molecule has 27 heavy (non-hydrogen) atoms. The Labute approximate surface area is 177 Å². The van der Waals surface area contributed by atoms with E-state index >= 15 is 0 Å². The van der Waals surface area contributed by atoms with Crippen LogP contribution in [-0.2, 0) is 6.54 Å². The van der Waals surface area contributed by atoms with Crippen LogP contribution in [0.5, 0.6) is 5.75 Å². The second-order valence-electron chi connectivity index (χ2n) is 5.97. The second-order valence-corrected chi connectivity index (χ2v) is 5.97. The molecule has 0 spiro atoms. The van der Waals surface area contributed by atoms with Gasteiger partial charge in [0.25, 0.3) is 0 Å². The highest BCUT2D eigenvalue weighted by atomic mass is 127.